The zero-order valence-corrected chi connectivity index (χ0v) is 7.47. The number of rotatable bonds is 1. The second-order valence-corrected chi connectivity index (χ2v) is 2.87. The first-order valence-electron chi connectivity index (χ1n) is 3.66. The standard InChI is InChI=1S/C9H11NO2/c1-5-6(2)10(4)9(12)8(5)7(3)11/h2H2,1,3-4H3. The van der Waals surface area contributed by atoms with Crippen LogP contribution in [0, 0.1) is 0 Å². The lowest BCUT2D eigenvalue weighted by Gasteiger charge is -2.09. The Morgan fingerprint density at radius 3 is 2.17 bits per heavy atom. The average Bonchev–Trinajstić information content (AvgIpc) is 2.16. The number of carbonyl (C=O) groups excluding carboxylic acids is 2. The molecule has 0 spiro atoms. The first-order valence-corrected chi connectivity index (χ1v) is 3.66. The zero-order chi connectivity index (χ0) is 9.46. The summed E-state index contributed by atoms with van der Waals surface area (Å²) in [5.41, 5.74) is 1.57. The number of hydrogen-bond donors (Lipinski definition) is 0. The molecule has 0 fully saturated rings. The molecule has 0 unspecified atom stereocenters. The van der Waals surface area contributed by atoms with Gasteiger partial charge in [0, 0.05) is 12.7 Å². The topological polar surface area (TPSA) is 37.4 Å². The number of ketones is 1. The summed E-state index contributed by atoms with van der Waals surface area (Å²) in [5, 5.41) is 0. The number of hydrogen-bond acceptors (Lipinski definition) is 2. The van der Waals surface area contributed by atoms with Gasteiger partial charge >= 0.3 is 0 Å². The average molecular weight is 165 g/mol. The highest BCUT2D eigenvalue weighted by atomic mass is 16.2. The van der Waals surface area contributed by atoms with E-state index in [0.29, 0.717) is 11.3 Å². The number of amides is 1. The third-order valence-corrected chi connectivity index (χ3v) is 2.08. The molecule has 1 rings (SSSR count). The number of likely N-dealkylation sites (N-methyl/N-ethyl adjacent to an activating group) is 1. The van der Waals surface area contributed by atoms with Crippen molar-refractivity contribution in [3.63, 3.8) is 0 Å². The lowest BCUT2D eigenvalue weighted by Crippen LogP contribution is -2.22. The predicted molar refractivity (Wildman–Crippen MR) is 45.3 cm³/mol. The normalized spacial score (nSPS) is 17.8. The number of carbonyl (C=O) groups is 2. The van der Waals surface area contributed by atoms with E-state index >= 15 is 0 Å². The minimum absolute atomic E-state index is 0.192. The third-order valence-electron chi connectivity index (χ3n) is 2.08. The highest BCUT2D eigenvalue weighted by Crippen LogP contribution is 2.26. The van der Waals surface area contributed by atoms with Crippen LogP contribution in [-0.4, -0.2) is 23.6 Å². The van der Waals surface area contributed by atoms with E-state index in [4.69, 9.17) is 0 Å². The molecule has 0 aromatic rings. The van der Waals surface area contributed by atoms with Gasteiger partial charge in [-0.25, -0.2) is 0 Å². The molecular weight excluding hydrogens is 154 g/mol. The molecule has 0 atom stereocenters. The molecule has 1 aliphatic heterocycles. The fourth-order valence-electron chi connectivity index (χ4n) is 1.26. The van der Waals surface area contributed by atoms with E-state index in [-0.39, 0.29) is 17.3 Å². The first-order chi connectivity index (χ1) is 5.46. The Hall–Kier alpha value is -1.38. The van der Waals surface area contributed by atoms with Crippen molar-refractivity contribution in [3.05, 3.63) is 23.4 Å². The first kappa shape index (κ1) is 8.71. The van der Waals surface area contributed by atoms with Gasteiger partial charge in [-0.05, 0) is 19.4 Å². The maximum absolute atomic E-state index is 11.4. The van der Waals surface area contributed by atoms with Crippen LogP contribution in [-0.2, 0) is 9.59 Å². The molecule has 1 aliphatic rings. The van der Waals surface area contributed by atoms with Crippen molar-refractivity contribution in [2.75, 3.05) is 7.05 Å². The molecule has 3 nitrogen and oxygen atoms in total. The summed E-state index contributed by atoms with van der Waals surface area (Å²) >= 11 is 0. The minimum atomic E-state index is -0.245. The predicted octanol–water partition coefficient (Wildman–Crippen LogP) is 0.878. The third kappa shape index (κ3) is 0.978. The largest absolute Gasteiger partial charge is 0.312 e. The van der Waals surface area contributed by atoms with Crippen LogP contribution >= 0.6 is 0 Å². The van der Waals surface area contributed by atoms with Gasteiger partial charge in [-0.15, -0.1) is 0 Å². The molecule has 12 heavy (non-hydrogen) atoms. The minimum Gasteiger partial charge on any atom is -0.312 e. The van der Waals surface area contributed by atoms with Crippen molar-refractivity contribution in [2.45, 2.75) is 13.8 Å². The van der Waals surface area contributed by atoms with Crippen LogP contribution in [0.15, 0.2) is 23.4 Å². The summed E-state index contributed by atoms with van der Waals surface area (Å²) in [7, 11) is 1.62. The van der Waals surface area contributed by atoms with Crippen LogP contribution in [0.1, 0.15) is 13.8 Å². The second-order valence-electron chi connectivity index (χ2n) is 2.87. The summed E-state index contributed by atoms with van der Waals surface area (Å²) in [6.07, 6.45) is 0. The van der Waals surface area contributed by atoms with Crippen molar-refractivity contribution >= 4 is 11.7 Å². The van der Waals surface area contributed by atoms with Gasteiger partial charge in [-0.2, -0.15) is 0 Å². The Balaban J connectivity index is 3.22. The molecular formula is C9H11NO2. The Labute approximate surface area is 71.4 Å². The summed E-state index contributed by atoms with van der Waals surface area (Å²) in [6.45, 7) is 6.82. The monoisotopic (exact) mass is 165 g/mol. The number of nitrogens with zero attached hydrogens (tertiary/aromatic N) is 1. The van der Waals surface area contributed by atoms with Gasteiger partial charge in [-0.1, -0.05) is 6.58 Å². The molecule has 0 saturated carbocycles. The van der Waals surface area contributed by atoms with Crippen molar-refractivity contribution in [2.24, 2.45) is 0 Å². The Morgan fingerprint density at radius 2 is 2.00 bits per heavy atom. The highest BCUT2D eigenvalue weighted by Gasteiger charge is 2.30. The maximum Gasteiger partial charge on any atom is 0.261 e. The summed E-state index contributed by atoms with van der Waals surface area (Å²) in [5.74, 6) is -0.437. The molecule has 1 amide bonds. The van der Waals surface area contributed by atoms with Gasteiger partial charge in [0.25, 0.3) is 5.91 Å². The SMILES string of the molecule is C=C1C(C)=C(C(C)=O)C(=O)N1C. The fourth-order valence-corrected chi connectivity index (χ4v) is 1.26. The summed E-state index contributed by atoms with van der Waals surface area (Å²) < 4.78 is 0. The van der Waals surface area contributed by atoms with Gasteiger partial charge in [0.1, 0.15) is 0 Å². The van der Waals surface area contributed by atoms with Gasteiger partial charge < -0.3 is 4.90 Å². The van der Waals surface area contributed by atoms with Crippen LogP contribution in [0.4, 0.5) is 0 Å². The second kappa shape index (κ2) is 2.59. The van der Waals surface area contributed by atoms with Gasteiger partial charge in [0.05, 0.1) is 5.57 Å². The van der Waals surface area contributed by atoms with Gasteiger partial charge in [-0.3, -0.25) is 9.59 Å². The zero-order valence-electron chi connectivity index (χ0n) is 7.47. The quantitative estimate of drug-likeness (QED) is 0.541. The highest BCUT2D eigenvalue weighted by molar-refractivity contribution is 6.21. The molecule has 1 heterocycles. The van der Waals surface area contributed by atoms with Crippen LogP contribution in [0.3, 0.4) is 0 Å². The molecule has 0 radical (unpaired) electrons. The Bertz CT molecular complexity index is 312. The molecule has 0 aliphatic carbocycles. The lowest BCUT2D eigenvalue weighted by atomic mass is 10.1. The van der Waals surface area contributed by atoms with Gasteiger partial charge in [0.2, 0.25) is 0 Å². The van der Waals surface area contributed by atoms with Crippen molar-refractivity contribution in [1.29, 1.82) is 0 Å². The fraction of sp³-hybridized carbons (Fsp3) is 0.333. The van der Waals surface area contributed by atoms with E-state index < -0.39 is 0 Å². The van der Waals surface area contributed by atoms with Crippen molar-refractivity contribution in [1.82, 2.24) is 4.90 Å². The number of allylic oxidation sites excluding steroid dienone is 1. The van der Waals surface area contributed by atoms with Crippen LogP contribution in [0.25, 0.3) is 0 Å². The smallest absolute Gasteiger partial charge is 0.261 e. The maximum atomic E-state index is 11.4. The molecule has 0 saturated heterocycles. The molecule has 64 valence electrons. The molecule has 0 N–H and O–H groups in total. The van der Waals surface area contributed by atoms with E-state index in [2.05, 4.69) is 6.58 Å². The summed E-state index contributed by atoms with van der Waals surface area (Å²) in [6, 6.07) is 0. The van der Waals surface area contributed by atoms with E-state index in [0.717, 1.165) is 0 Å². The summed E-state index contributed by atoms with van der Waals surface area (Å²) in [4.78, 5) is 23.8. The lowest BCUT2D eigenvalue weighted by molar-refractivity contribution is -0.125. The van der Waals surface area contributed by atoms with E-state index in [9.17, 15) is 9.59 Å². The molecule has 0 bridgehead atoms. The molecule has 0 aromatic heterocycles. The van der Waals surface area contributed by atoms with Gasteiger partial charge in [0.15, 0.2) is 5.78 Å². The number of Topliss-reactive ketones (excluding diaryl/α,β-unsaturated/α-hetero) is 1. The van der Waals surface area contributed by atoms with E-state index in [1.54, 1.807) is 14.0 Å². The van der Waals surface area contributed by atoms with Crippen LogP contribution in [0.2, 0.25) is 0 Å². The van der Waals surface area contributed by atoms with E-state index in [1.807, 2.05) is 0 Å². The Morgan fingerprint density at radius 1 is 1.50 bits per heavy atom. The van der Waals surface area contributed by atoms with Crippen molar-refractivity contribution in [3.8, 4) is 0 Å². The molecule has 3 heteroatoms. The van der Waals surface area contributed by atoms with Crippen LogP contribution in [0.5, 0.6) is 0 Å². The van der Waals surface area contributed by atoms with E-state index in [1.165, 1.54) is 11.8 Å². The molecule has 0 aromatic carbocycles. The van der Waals surface area contributed by atoms with Crippen molar-refractivity contribution < 1.29 is 9.59 Å². The Kier molecular flexibility index (Phi) is 1.88. The van der Waals surface area contributed by atoms with Crippen LogP contribution < -0.4 is 0 Å².